The molecule has 2 aliphatic rings. The number of amides is 1. The van der Waals surface area contributed by atoms with Gasteiger partial charge in [-0.15, -0.1) is 0 Å². The number of nitrogens with one attached hydrogen (secondary N) is 1. The quantitative estimate of drug-likeness (QED) is 0.0204. The summed E-state index contributed by atoms with van der Waals surface area (Å²) >= 11 is 0. The van der Waals surface area contributed by atoms with Crippen molar-refractivity contribution in [1.82, 2.24) is 5.32 Å². The number of unbranched alkanes of at least 4 members (excludes halogenated alkanes) is 41. The third-order valence-electron chi connectivity index (χ3n) is 17.0. The maximum Gasteiger partial charge on any atom is 0.220 e. The molecule has 80 heavy (non-hydrogen) atoms. The van der Waals surface area contributed by atoms with Gasteiger partial charge >= 0.3 is 0 Å². The highest BCUT2D eigenvalue weighted by Gasteiger charge is 2.51. The molecule has 0 bridgehead atoms. The van der Waals surface area contributed by atoms with Crippen molar-refractivity contribution in [2.24, 2.45) is 0 Å². The first-order valence-corrected chi connectivity index (χ1v) is 33.9. The third kappa shape index (κ3) is 36.5. The lowest BCUT2D eigenvalue weighted by Gasteiger charge is -2.46. The highest BCUT2D eigenvalue weighted by molar-refractivity contribution is 5.76. The van der Waals surface area contributed by atoms with Gasteiger partial charge in [-0.25, -0.2) is 0 Å². The van der Waals surface area contributed by atoms with Gasteiger partial charge in [0.15, 0.2) is 12.6 Å². The molecule has 14 heteroatoms. The number of carbonyl (C=O) groups is 1. The van der Waals surface area contributed by atoms with Crippen molar-refractivity contribution in [3.63, 3.8) is 0 Å². The number of carbonyl (C=O) groups excluding carboxylic acids is 1. The summed E-state index contributed by atoms with van der Waals surface area (Å²) in [5.74, 6) is -0.200. The van der Waals surface area contributed by atoms with Gasteiger partial charge in [-0.05, 0) is 38.5 Å². The summed E-state index contributed by atoms with van der Waals surface area (Å²) in [5, 5.41) is 87.5. The molecule has 2 fully saturated rings. The van der Waals surface area contributed by atoms with Crippen molar-refractivity contribution in [2.75, 3.05) is 19.8 Å². The highest BCUT2D eigenvalue weighted by atomic mass is 16.7. The largest absolute Gasteiger partial charge is 0.394 e. The summed E-state index contributed by atoms with van der Waals surface area (Å²) in [6.45, 7) is 2.91. The number of aliphatic hydroxyl groups excluding tert-OH is 8. The van der Waals surface area contributed by atoms with Crippen LogP contribution in [0.1, 0.15) is 309 Å². The van der Waals surface area contributed by atoms with Crippen LogP contribution in [0.4, 0.5) is 0 Å². The van der Waals surface area contributed by atoms with Crippen molar-refractivity contribution in [1.29, 1.82) is 0 Å². The van der Waals surface area contributed by atoms with Crippen molar-refractivity contribution >= 4 is 5.91 Å². The Morgan fingerprint density at radius 2 is 0.787 bits per heavy atom. The normalized spacial score (nSPS) is 24.2. The van der Waals surface area contributed by atoms with E-state index in [4.69, 9.17) is 18.9 Å². The number of aliphatic hydroxyl groups is 8. The molecule has 1 amide bonds. The SMILES string of the molecule is CCCCCCCCCC/C=C\CCCCCCCCCCCCCCCCCC(=O)NC(COC1OC(CO)C(OC2OC(CO)C(O)C(O)C2O)C(O)C1O)C(O)CCCCCCCCCCCCCCCCCCCCC. The first-order valence-electron chi connectivity index (χ1n) is 33.9. The molecule has 2 rings (SSSR count). The lowest BCUT2D eigenvalue weighted by atomic mass is 9.97. The summed E-state index contributed by atoms with van der Waals surface area (Å²) in [5.41, 5.74) is 0. The van der Waals surface area contributed by atoms with E-state index in [2.05, 4.69) is 31.3 Å². The zero-order valence-electron chi connectivity index (χ0n) is 51.4. The minimum atomic E-state index is -1.78. The van der Waals surface area contributed by atoms with E-state index in [1.165, 1.54) is 231 Å². The van der Waals surface area contributed by atoms with E-state index >= 15 is 0 Å². The van der Waals surface area contributed by atoms with Gasteiger partial charge in [-0.2, -0.15) is 0 Å². The van der Waals surface area contributed by atoms with Crippen molar-refractivity contribution in [2.45, 2.75) is 383 Å². The molecule has 12 atom stereocenters. The molecule has 12 unspecified atom stereocenters. The second-order valence-corrected chi connectivity index (χ2v) is 24.3. The van der Waals surface area contributed by atoms with E-state index in [1.54, 1.807) is 0 Å². The highest BCUT2D eigenvalue weighted by Crippen LogP contribution is 2.30. The molecule has 14 nitrogen and oxygen atoms in total. The molecule has 2 aliphatic heterocycles. The fourth-order valence-corrected chi connectivity index (χ4v) is 11.5. The van der Waals surface area contributed by atoms with Crippen molar-refractivity contribution in [3.05, 3.63) is 12.2 Å². The van der Waals surface area contributed by atoms with Crippen LogP contribution in [-0.2, 0) is 23.7 Å². The first-order chi connectivity index (χ1) is 39.1. The van der Waals surface area contributed by atoms with Crippen molar-refractivity contribution < 1.29 is 64.6 Å². The Hall–Kier alpha value is -1.27. The van der Waals surface area contributed by atoms with Gasteiger partial charge in [-0.1, -0.05) is 276 Å². The van der Waals surface area contributed by atoms with Crippen LogP contribution in [0.2, 0.25) is 0 Å². The lowest BCUT2D eigenvalue weighted by Crippen LogP contribution is -2.65. The van der Waals surface area contributed by atoms with E-state index in [0.717, 1.165) is 51.4 Å². The number of rotatable bonds is 56. The van der Waals surface area contributed by atoms with Gasteiger partial charge in [0.2, 0.25) is 5.91 Å². The van der Waals surface area contributed by atoms with E-state index in [1.807, 2.05) is 0 Å². The summed E-state index contributed by atoms with van der Waals surface area (Å²) in [6.07, 6.45) is 45.0. The van der Waals surface area contributed by atoms with Gasteiger partial charge in [0, 0.05) is 6.42 Å². The fraction of sp³-hybridized carbons (Fsp3) is 0.955. The third-order valence-corrected chi connectivity index (χ3v) is 17.0. The second kappa shape index (κ2) is 52.1. The minimum absolute atomic E-state index is 0.200. The summed E-state index contributed by atoms with van der Waals surface area (Å²) < 4.78 is 22.9. The fourth-order valence-electron chi connectivity index (χ4n) is 11.5. The zero-order chi connectivity index (χ0) is 58.1. The van der Waals surface area contributed by atoms with E-state index in [0.29, 0.717) is 12.8 Å². The predicted octanol–water partition coefficient (Wildman–Crippen LogP) is 13.0. The smallest absolute Gasteiger partial charge is 0.220 e. The zero-order valence-corrected chi connectivity index (χ0v) is 51.4. The van der Waals surface area contributed by atoms with E-state index in [9.17, 15) is 45.6 Å². The number of hydrogen-bond donors (Lipinski definition) is 9. The van der Waals surface area contributed by atoms with Crippen LogP contribution < -0.4 is 5.32 Å². The molecule has 0 aromatic rings. The average molecular weight is 1140 g/mol. The molecule has 9 N–H and O–H groups in total. The Bertz CT molecular complexity index is 1390. The minimum Gasteiger partial charge on any atom is -0.394 e. The molecule has 0 aromatic carbocycles. The molecular formula is C66H127NO13. The van der Waals surface area contributed by atoms with Gasteiger partial charge < -0.3 is 65.1 Å². The summed E-state index contributed by atoms with van der Waals surface area (Å²) in [7, 11) is 0. The Labute approximate surface area is 488 Å². The molecule has 0 saturated carbocycles. The Balaban J connectivity index is 1.67. The average Bonchev–Trinajstić information content (AvgIpc) is 3.49. The van der Waals surface area contributed by atoms with Crippen LogP contribution >= 0.6 is 0 Å². The Kier molecular flexibility index (Phi) is 48.7. The molecule has 0 radical (unpaired) electrons. The topological polar surface area (TPSA) is 228 Å². The van der Waals surface area contributed by atoms with Crippen LogP contribution in [0, 0.1) is 0 Å². The molecule has 474 valence electrons. The molecule has 0 aromatic heterocycles. The van der Waals surface area contributed by atoms with Crippen LogP contribution in [0.5, 0.6) is 0 Å². The van der Waals surface area contributed by atoms with E-state index in [-0.39, 0.29) is 12.5 Å². The number of ether oxygens (including phenoxy) is 4. The first kappa shape index (κ1) is 74.8. The number of allylic oxidation sites excluding steroid dienone is 2. The van der Waals surface area contributed by atoms with Crippen LogP contribution in [0.15, 0.2) is 12.2 Å². The Morgan fingerprint density at radius 1 is 0.438 bits per heavy atom. The number of hydrogen-bond acceptors (Lipinski definition) is 13. The maximum atomic E-state index is 13.3. The van der Waals surface area contributed by atoms with Crippen LogP contribution in [0.25, 0.3) is 0 Å². The molecule has 2 heterocycles. The van der Waals surface area contributed by atoms with E-state index < -0.39 is 86.8 Å². The molecule has 2 saturated heterocycles. The second-order valence-electron chi connectivity index (χ2n) is 24.3. The Morgan fingerprint density at radius 3 is 1.19 bits per heavy atom. The standard InChI is InChI=1S/C66H127NO13/c1-3-5-7-9-11-13-15-17-19-21-23-24-25-26-27-28-29-30-32-34-36-38-40-42-44-46-48-50-58(71)67-54(55(70)49-47-45-43-41-39-37-35-33-31-22-20-18-16-14-12-10-8-6-4-2)53-77-65-63(76)61(74)64(57(52-69)79-65)80-66-62(75)60(73)59(72)56(51-68)78-66/h21,23,54-57,59-66,68-70,72-76H,3-20,22,24-53H2,1-2H3,(H,67,71)/b23-21-. The maximum absolute atomic E-state index is 13.3. The van der Waals surface area contributed by atoms with Gasteiger partial charge in [0.1, 0.15) is 48.8 Å². The van der Waals surface area contributed by atoms with Gasteiger partial charge in [-0.3, -0.25) is 4.79 Å². The van der Waals surface area contributed by atoms with Gasteiger partial charge in [0.25, 0.3) is 0 Å². The van der Waals surface area contributed by atoms with Crippen molar-refractivity contribution in [3.8, 4) is 0 Å². The van der Waals surface area contributed by atoms with Crippen LogP contribution in [0.3, 0.4) is 0 Å². The lowest BCUT2D eigenvalue weighted by molar-refractivity contribution is -0.359. The predicted molar refractivity (Wildman–Crippen MR) is 323 cm³/mol. The molecular weight excluding hydrogens is 1010 g/mol. The summed E-state index contributed by atoms with van der Waals surface area (Å²) in [4.78, 5) is 13.3. The van der Waals surface area contributed by atoms with Crippen LogP contribution in [-0.4, -0.2) is 140 Å². The van der Waals surface area contributed by atoms with Gasteiger partial charge in [0.05, 0.1) is 32.0 Å². The molecule has 0 spiro atoms. The molecule has 0 aliphatic carbocycles. The summed E-state index contributed by atoms with van der Waals surface area (Å²) in [6, 6.07) is -0.826. The monoisotopic (exact) mass is 1140 g/mol.